The molecule has 0 aromatic heterocycles. The maximum atomic E-state index is 6.19. The van der Waals surface area contributed by atoms with Gasteiger partial charge in [-0.1, -0.05) is 44.7 Å². The minimum Gasteiger partial charge on any atom is -0.382 e. The van der Waals surface area contributed by atoms with Gasteiger partial charge < -0.3 is 10.1 Å². The maximum absolute atomic E-state index is 6.19. The Morgan fingerprint density at radius 2 is 1.90 bits per heavy atom. The predicted octanol–water partition coefficient (Wildman–Crippen LogP) is 4.93. The molecule has 1 unspecified atom stereocenters. The third-order valence-electron chi connectivity index (χ3n) is 5.12. The Morgan fingerprint density at radius 1 is 1.14 bits per heavy atom. The Kier molecular flexibility index (Phi) is 4.84. The van der Waals surface area contributed by atoms with Crippen LogP contribution in [0.25, 0.3) is 0 Å². The lowest BCUT2D eigenvalue weighted by Gasteiger charge is -2.44. The molecule has 1 heterocycles. The zero-order valence-electron chi connectivity index (χ0n) is 13.4. The fraction of sp³-hybridized carbons (Fsp3) is 0.684. The molecule has 1 saturated heterocycles. The highest BCUT2D eigenvalue weighted by molar-refractivity contribution is 5.45. The zero-order chi connectivity index (χ0) is 14.5. The Balaban J connectivity index is 1.59. The summed E-state index contributed by atoms with van der Waals surface area (Å²) in [5.74, 6) is 0. The van der Waals surface area contributed by atoms with E-state index in [9.17, 15) is 0 Å². The molecule has 0 amide bonds. The van der Waals surface area contributed by atoms with Crippen molar-refractivity contribution >= 4 is 5.69 Å². The van der Waals surface area contributed by atoms with Crippen molar-refractivity contribution in [1.82, 2.24) is 0 Å². The highest BCUT2D eigenvalue weighted by Crippen LogP contribution is 2.39. The lowest BCUT2D eigenvalue weighted by molar-refractivity contribution is -0.103. The summed E-state index contributed by atoms with van der Waals surface area (Å²) in [5.41, 5.74) is 2.91. The molecule has 2 aliphatic rings. The third kappa shape index (κ3) is 3.79. The molecule has 1 aliphatic heterocycles. The molecule has 1 N–H and O–H groups in total. The monoisotopic (exact) mass is 287 g/mol. The van der Waals surface area contributed by atoms with Crippen molar-refractivity contribution in [3.05, 3.63) is 29.8 Å². The van der Waals surface area contributed by atoms with Gasteiger partial charge in [-0.05, 0) is 49.8 Å². The van der Waals surface area contributed by atoms with Crippen LogP contribution in [0.4, 0.5) is 5.69 Å². The molecule has 0 bridgehead atoms. The fourth-order valence-corrected chi connectivity index (χ4v) is 3.99. The quantitative estimate of drug-likeness (QED) is 0.847. The highest BCUT2D eigenvalue weighted by atomic mass is 16.5. The minimum atomic E-state index is 0.191. The molecule has 1 aromatic rings. The average Bonchev–Trinajstić information content (AvgIpc) is 2.50. The average molecular weight is 287 g/mol. The molecule has 2 fully saturated rings. The largest absolute Gasteiger partial charge is 0.382 e. The van der Waals surface area contributed by atoms with E-state index >= 15 is 0 Å². The van der Waals surface area contributed by atoms with Gasteiger partial charge in [0.15, 0.2) is 0 Å². The molecule has 2 nitrogen and oxygen atoms in total. The normalized spacial score (nSPS) is 24.9. The number of benzene rings is 1. The Morgan fingerprint density at radius 3 is 2.62 bits per heavy atom. The van der Waals surface area contributed by atoms with Crippen molar-refractivity contribution in [1.29, 1.82) is 0 Å². The first kappa shape index (κ1) is 14.9. The number of nitrogens with one attached hydrogen (secondary N) is 1. The van der Waals surface area contributed by atoms with Crippen LogP contribution in [-0.4, -0.2) is 18.2 Å². The Labute approximate surface area is 129 Å². The SMILES string of the molecule is CCCc1ccc(NC2CCOC3(CCCCC3)C2)cc1. The zero-order valence-corrected chi connectivity index (χ0v) is 13.4. The summed E-state index contributed by atoms with van der Waals surface area (Å²) in [5, 5.41) is 3.74. The van der Waals surface area contributed by atoms with Gasteiger partial charge in [0, 0.05) is 18.3 Å². The predicted molar refractivity (Wildman–Crippen MR) is 88.8 cm³/mol. The van der Waals surface area contributed by atoms with Crippen LogP contribution in [0.15, 0.2) is 24.3 Å². The fourth-order valence-electron chi connectivity index (χ4n) is 3.99. The van der Waals surface area contributed by atoms with Gasteiger partial charge in [0.25, 0.3) is 0 Å². The lowest BCUT2D eigenvalue weighted by atomic mass is 9.78. The van der Waals surface area contributed by atoms with E-state index in [1.54, 1.807) is 0 Å². The first-order valence-electron chi connectivity index (χ1n) is 8.79. The number of anilines is 1. The van der Waals surface area contributed by atoms with Gasteiger partial charge in [0.05, 0.1) is 5.60 Å². The summed E-state index contributed by atoms with van der Waals surface area (Å²) in [6, 6.07) is 9.60. The molecule has 3 rings (SSSR count). The van der Waals surface area contributed by atoms with Crippen molar-refractivity contribution in [3.63, 3.8) is 0 Å². The smallest absolute Gasteiger partial charge is 0.0702 e. The van der Waals surface area contributed by atoms with E-state index in [2.05, 4.69) is 36.5 Å². The van der Waals surface area contributed by atoms with E-state index < -0.39 is 0 Å². The van der Waals surface area contributed by atoms with Crippen molar-refractivity contribution < 1.29 is 4.74 Å². The molecule has 116 valence electrons. The van der Waals surface area contributed by atoms with E-state index in [4.69, 9.17) is 4.74 Å². The molecule has 1 aromatic carbocycles. The van der Waals surface area contributed by atoms with Crippen molar-refractivity contribution in [2.45, 2.75) is 76.4 Å². The van der Waals surface area contributed by atoms with Crippen molar-refractivity contribution in [3.8, 4) is 0 Å². The highest BCUT2D eigenvalue weighted by Gasteiger charge is 2.38. The molecule has 1 saturated carbocycles. The molecule has 1 aliphatic carbocycles. The molecule has 2 heteroatoms. The summed E-state index contributed by atoms with van der Waals surface area (Å²) in [6.45, 7) is 3.16. The van der Waals surface area contributed by atoms with Gasteiger partial charge in [-0.3, -0.25) is 0 Å². The van der Waals surface area contributed by atoms with Crippen LogP contribution in [0.2, 0.25) is 0 Å². The lowest BCUT2D eigenvalue weighted by Crippen LogP contribution is -2.45. The summed E-state index contributed by atoms with van der Waals surface area (Å²) in [4.78, 5) is 0. The summed E-state index contributed by atoms with van der Waals surface area (Å²) in [7, 11) is 0. The molecular formula is C19H29NO. The maximum Gasteiger partial charge on any atom is 0.0702 e. The number of hydrogen-bond donors (Lipinski definition) is 1. The van der Waals surface area contributed by atoms with Gasteiger partial charge in [-0.15, -0.1) is 0 Å². The van der Waals surface area contributed by atoms with Gasteiger partial charge in [0.2, 0.25) is 0 Å². The summed E-state index contributed by atoms with van der Waals surface area (Å²) in [6.07, 6.45) is 11.3. The second-order valence-electron chi connectivity index (χ2n) is 6.87. The van der Waals surface area contributed by atoms with Gasteiger partial charge in [0.1, 0.15) is 0 Å². The van der Waals surface area contributed by atoms with E-state index in [1.807, 2.05) is 0 Å². The van der Waals surface area contributed by atoms with Gasteiger partial charge in [-0.25, -0.2) is 0 Å². The van der Waals surface area contributed by atoms with Crippen LogP contribution in [-0.2, 0) is 11.2 Å². The van der Waals surface area contributed by atoms with Gasteiger partial charge in [-0.2, -0.15) is 0 Å². The molecular weight excluding hydrogens is 258 g/mol. The van der Waals surface area contributed by atoms with E-state index in [0.717, 1.165) is 13.0 Å². The van der Waals surface area contributed by atoms with Crippen LogP contribution in [0, 0.1) is 0 Å². The van der Waals surface area contributed by atoms with Crippen LogP contribution < -0.4 is 5.32 Å². The number of ether oxygens (including phenoxy) is 1. The molecule has 0 radical (unpaired) electrons. The van der Waals surface area contributed by atoms with Crippen molar-refractivity contribution in [2.75, 3.05) is 11.9 Å². The Bertz CT molecular complexity index is 428. The van der Waals surface area contributed by atoms with Gasteiger partial charge >= 0.3 is 0 Å². The van der Waals surface area contributed by atoms with Crippen LogP contribution in [0.3, 0.4) is 0 Å². The Hall–Kier alpha value is -1.02. The van der Waals surface area contributed by atoms with Crippen LogP contribution in [0.1, 0.15) is 63.9 Å². The number of rotatable bonds is 4. The van der Waals surface area contributed by atoms with Crippen LogP contribution >= 0.6 is 0 Å². The first-order valence-corrected chi connectivity index (χ1v) is 8.79. The molecule has 1 atom stereocenters. The van der Waals surface area contributed by atoms with Crippen molar-refractivity contribution in [2.24, 2.45) is 0 Å². The number of aryl methyl sites for hydroxylation is 1. The van der Waals surface area contributed by atoms with E-state index in [-0.39, 0.29) is 5.60 Å². The van der Waals surface area contributed by atoms with E-state index in [0.29, 0.717) is 6.04 Å². The molecule has 1 spiro atoms. The second-order valence-corrected chi connectivity index (χ2v) is 6.87. The third-order valence-corrected chi connectivity index (χ3v) is 5.12. The van der Waals surface area contributed by atoms with E-state index in [1.165, 1.54) is 62.6 Å². The van der Waals surface area contributed by atoms with Crippen LogP contribution in [0.5, 0.6) is 0 Å². The number of hydrogen-bond acceptors (Lipinski definition) is 2. The minimum absolute atomic E-state index is 0.191. The topological polar surface area (TPSA) is 21.3 Å². The second kappa shape index (κ2) is 6.83. The summed E-state index contributed by atoms with van der Waals surface area (Å²) >= 11 is 0. The first-order chi connectivity index (χ1) is 10.3. The molecule has 21 heavy (non-hydrogen) atoms. The summed E-state index contributed by atoms with van der Waals surface area (Å²) < 4.78 is 6.19. The standard InChI is InChI=1S/C19H29NO/c1-2-6-16-7-9-17(10-8-16)20-18-11-14-21-19(15-18)12-4-3-5-13-19/h7-10,18,20H,2-6,11-15H2,1H3.